The number of hydrogen-bond acceptors (Lipinski definition) is 4. The molecule has 2 aromatic rings. The van der Waals surface area contributed by atoms with Gasteiger partial charge in [-0.3, -0.25) is 4.98 Å². The molecule has 120 valence electrons. The van der Waals surface area contributed by atoms with Gasteiger partial charge in [-0.1, -0.05) is 0 Å². The average Bonchev–Trinajstić information content (AvgIpc) is 2.97. The molecule has 2 heterocycles. The Morgan fingerprint density at radius 1 is 1.27 bits per heavy atom. The van der Waals surface area contributed by atoms with Crippen molar-refractivity contribution in [2.45, 2.75) is 19.1 Å². The van der Waals surface area contributed by atoms with Crippen LogP contribution in [-0.4, -0.2) is 25.3 Å². The topological polar surface area (TPSA) is 72.2 Å². The summed E-state index contributed by atoms with van der Waals surface area (Å²) >= 11 is 0. The molecule has 0 saturated carbocycles. The van der Waals surface area contributed by atoms with Crippen LogP contribution in [0.1, 0.15) is 12.0 Å². The van der Waals surface area contributed by atoms with Gasteiger partial charge >= 0.3 is 6.18 Å². The number of alkyl halides is 3. The zero-order valence-corrected chi connectivity index (χ0v) is 12.1. The molecule has 0 bridgehead atoms. The summed E-state index contributed by atoms with van der Waals surface area (Å²) in [6, 6.07) is 6.55. The van der Waals surface area contributed by atoms with Crippen LogP contribution in [0.15, 0.2) is 41.1 Å². The lowest BCUT2D eigenvalue weighted by Crippen LogP contribution is -2.28. The second-order valence-corrected chi connectivity index (χ2v) is 6.46. The number of sulfonamides is 1. The highest BCUT2D eigenvalue weighted by Gasteiger charge is 2.29. The normalized spacial score (nSPS) is 12.5. The van der Waals surface area contributed by atoms with Crippen molar-refractivity contribution >= 4 is 10.0 Å². The van der Waals surface area contributed by atoms with Crippen molar-refractivity contribution in [2.24, 2.45) is 0 Å². The Kier molecular flexibility index (Phi) is 4.87. The molecule has 0 radical (unpaired) electrons. The molecule has 0 spiro atoms. The van der Waals surface area contributed by atoms with Gasteiger partial charge in [-0.05, 0) is 29.8 Å². The number of aromatic nitrogens is 1. The second-order valence-electron chi connectivity index (χ2n) is 4.53. The van der Waals surface area contributed by atoms with Gasteiger partial charge in [0.15, 0.2) is 5.76 Å². The summed E-state index contributed by atoms with van der Waals surface area (Å²) in [6.07, 6.45) is -2.94. The summed E-state index contributed by atoms with van der Waals surface area (Å²) in [7, 11) is -3.99. The minimum absolute atomic E-state index is 0.115. The average molecular weight is 334 g/mol. The second kappa shape index (κ2) is 6.49. The molecule has 0 atom stereocenters. The number of nitrogens with one attached hydrogen (secondary N) is 1. The predicted molar refractivity (Wildman–Crippen MR) is 73.2 cm³/mol. The number of halogens is 3. The van der Waals surface area contributed by atoms with E-state index in [0.29, 0.717) is 17.0 Å². The van der Waals surface area contributed by atoms with Crippen LogP contribution in [0, 0.1) is 0 Å². The highest BCUT2D eigenvalue weighted by Crippen LogP contribution is 2.20. The summed E-state index contributed by atoms with van der Waals surface area (Å²) in [4.78, 5) is 4.08. The Morgan fingerprint density at radius 2 is 2.05 bits per heavy atom. The van der Waals surface area contributed by atoms with Crippen LogP contribution >= 0.6 is 0 Å². The first-order chi connectivity index (χ1) is 10.3. The minimum Gasteiger partial charge on any atom is -0.463 e. The van der Waals surface area contributed by atoms with Crippen LogP contribution < -0.4 is 4.72 Å². The summed E-state index contributed by atoms with van der Waals surface area (Å²) in [5.41, 5.74) is 1.08. The fourth-order valence-corrected chi connectivity index (χ4v) is 2.69. The fourth-order valence-electron chi connectivity index (χ4n) is 1.66. The van der Waals surface area contributed by atoms with Gasteiger partial charge < -0.3 is 4.42 Å². The predicted octanol–water partition coefficient (Wildman–Crippen LogP) is 2.71. The smallest absolute Gasteiger partial charge is 0.390 e. The summed E-state index contributed by atoms with van der Waals surface area (Å²) in [5.74, 6) is -0.478. The molecule has 0 amide bonds. The van der Waals surface area contributed by atoms with Crippen LogP contribution in [0.25, 0.3) is 11.5 Å². The monoisotopic (exact) mass is 334 g/mol. The molecule has 22 heavy (non-hydrogen) atoms. The van der Waals surface area contributed by atoms with Crippen molar-refractivity contribution < 1.29 is 26.0 Å². The first-order valence-electron chi connectivity index (χ1n) is 6.28. The molecule has 0 aromatic carbocycles. The molecule has 0 aliphatic carbocycles. The first-order valence-corrected chi connectivity index (χ1v) is 7.93. The molecule has 0 aliphatic rings. The third kappa shape index (κ3) is 5.15. The molecule has 5 nitrogen and oxygen atoms in total. The Morgan fingerprint density at radius 3 is 2.68 bits per heavy atom. The largest absolute Gasteiger partial charge is 0.463 e. The van der Waals surface area contributed by atoms with Crippen molar-refractivity contribution in [3.8, 4) is 11.5 Å². The van der Waals surface area contributed by atoms with E-state index in [1.807, 2.05) is 0 Å². The number of furan rings is 1. The van der Waals surface area contributed by atoms with Crippen LogP contribution in [-0.2, 0) is 16.6 Å². The lowest BCUT2D eigenvalue weighted by atomic mass is 10.2. The van der Waals surface area contributed by atoms with Gasteiger partial charge in [0.05, 0.1) is 18.4 Å². The lowest BCUT2D eigenvalue weighted by Gasteiger charge is -2.09. The standard InChI is InChI=1S/C13H13F3N2O3S/c14-13(15,16)4-7-22(19,20)18-9-10-3-5-17-11(8-10)12-2-1-6-21-12/h1-3,5-6,8,18H,4,7,9H2. The van der Waals surface area contributed by atoms with E-state index in [2.05, 4.69) is 9.71 Å². The number of pyridine rings is 1. The molecule has 9 heteroatoms. The van der Waals surface area contributed by atoms with E-state index >= 15 is 0 Å². The number of hydrogen-bond donors (Lipinski definition) is 1. The quantitative estimate of drug-likeness (QED) is 0.882. The Balaban J connectivity index is 1.98. The van der Waals surface area contributed by atoms with Crippen molar-refractivity contribution in [1.82, 2.24) is 9.71 Å². The van der Waals surface area contributed by atoms with E-state index in [1.54, 1.807) is 24.3 Å². The number of nitrogens with zero attached hydrogens (tertiary/aromatic N) is 1. The van der Waals surface area contributed by atoms with E-state index in [4.69, 9.17) is 4.42 Å². The Hall–Kier alpha value is -1.87. The first kappa shape index (κ1) is 16.5. The van der Waals surface area contributed by atoms with E-state index in [-0.39, 0.29) is 6.54 Å². The van der Waals surface area contributed by atoms with Gasteiger partial charge in [0, 0.05) is 12.7 Å². The minimum atomic E-state index is -4.50. The SMILES string of the molecule is O=S(=O)(CCC(F)(F)F)NCc1ccnc(-c2ccco2)c1. The fraction of sp³-hybridized carbons (Fsp3) is 0.308. The highest BCUT2D eigenvalue weighted by atomic mass is 32.2. The van der Waals surface area contributed by atoms with E-state index in [0.717, 1.165) is 0 Å². The highest BCUT2D eigenvalue weighted by molar-refractivity contribution is 7.89. The molecule has 2 rings (SSSR count). The van der Waals surface area contributed by atoms with Gasteiger partial charge in [-0.15, -0.1) is 0 Å². The van der Waals surface area contributed by atoms with E-state index < -0.39 is 28.4 Å². The van der Waals surface area contributed by atoms with Gasteiger partial charge in [-0.25, -0.2) is 13.1 Å². The summed E-state index contributed by atoms with van der Waals surface area (Å²) in [6.45, 7) is -0.115. The number of rotatable bonds is 6. The molecule has 1 N–H and O–H groups in total. The molecule has 0 fully saturated rings. The van der Waals surface area contributed by atoms with Crippen molar-refractivity contribution in [1.29, 1.82) is 0 Å². The maximum absolute atomic E-state index is 12.0. The van der Waals surface area contributed by atoms with Gasteiger partial charge in [0.2, 0.25) is 10.0 Å². The molecular weight excluding hydrogens is 321 g/mol. The van der Waals surface area contributed by atoms with E-state index in [9.17, 15) is 21.6 Å². The maximum atomic E-state index is 12.0. The van der Waals surface area contributed by atoms with Gasteiger partial charge in [0.25, 0.3) is 0 Å². The third-order valence-electron chi connectivity index (χ3n) is 2.75. The van der Waals surface area contributed by atoms with Crippen LogP contribution in [0.4, 0.5) is 13.2 Å². The van der Waals surface area contributed by atoms with Crippen LogP contribution in [0.5, 0.6) is 0 Å². The van der Waals surface area contributed by atoms with Gasteiger partial charge in [-0.2, -0.15) is 13.2 Å². The maximum Gasteiger partial charge on any atom is 0.390 e. The van der Waals surface area contributed by atoms with Crippen LogP contribution in [0.3, 0.4) is 0 Å². The third-order valence-corrected chi connectivity index (χ3v) is 4.07. The van der Waals surface area contributed by atoms with Crippen molar-refractivity contribution in [2.75, 3.05) is 5.75 Å². The van der Waals surface area contributed by atoms with E-state index in [1.165, 1.54) is 12.5 Å². The lowest BCUT2D eigenvalue weighted by molar-refractivity contribution is -0.129. The molecule has 0 unspecified atom stereocenters. The van der Waals surface area contributed by atoms with Crippen LogP contribution in [0.2, 0.25) is 0 Å². The Bertz CT molecular complexity index is 712. The zero-order valence-electron chi connectivity index (χ0n) is 11.3. The Labute approximate surface area is 125 Å². The molecule has 0 saturated heterocycles. The van der Waals surface area contributed by atoms with Gasteiger partial charge in [0.1, 0.15) is 5.69 Å². The summed E-state index contributed by atoms with van der Waals surface area (Å²) in [5, 5.41) is 0. The zero-order chi connectivity index (χ0) is 16.2. The van der Waals surface area contributed by atoms with Crippen molar-refractivity contribution in [3.05, 3.63) is 42.3 Å². The molecule has 2 aromatic heterocycles. The van der Waals surface area contributed by atoms with Crippen molar-refractivity contribution in [3.63, 3.8) is 0 Å². The molecule has 0 aliphatic heterocycles. The summed E-state index contributed by atoms with van der Waals surface area (Å²) < 4.78 is 66.5. The molecular formula is C13H13F3N2O3S.